The van der Waals surface area contributed by atoms with E-state index >= 15 is 0 Å². The monoisotopic (exact) mass is 1030 g/mol. The molecule has 0 aliphatic carbocycles. The first-order valence-corrected chi connectivity index (χ1v) is 22.0. The van der Waals surface area contributed by atoms with Crippen molar-refractivity contribution < 1.29 is 31.7 Å². The zero-order chi connectivity index (χ0) is 46.3. The normalized spacial score (nSPS) is 12.3. The molecule has 0 unspecified atom stereocenters. The van der Waals surface area contributed by atoms with Gasteiger partial charge < -0.3 is 14.0 Å². The van der Waals surface area contributed by atoms with E-state index in [4.69, 9.17) is 12.1 Å². The van der Waals surface area contributed by atoms with Gasteiger partial charge in [0, 0.05) is 33.9 Å². The maximum Gasteiger partial charge on any atom is 0.139 e. The van der Waals surface area contributed by atoms with Gasteiger partial charge in [-0.25, -0.2) is 4.39 Å². The van der Waals surface area contributed by atoms with Crippen molar-refractivity contribution in [2.75, 3.05) is 0 Å². The molecule has 4 nitrogen and oxygen atoms in total. The van der Waals surface area contributed by atoms with E-state index in [0.717, 1.165) is 83.6 Å². The van der Waals surface area contributed by atoms with Gasteiger partial charge in [0.25, 0.3) is 0 Å². The Morgan fingerprint density at radius 3 is 2.02 bits per heavy atom. The molecule has 0 bridgehead atoms. The van der Waals surface area contributed by atoms with Gasteiger partial charge in [0.1, 0.15) is 11.4 Å². The summed E-state index contributed by atoms with van der Waals surface area (Å²) in [6.45, 7) is 14.9. The van der Waals surface area contributed by atoms with Crippen molar-refractivity contribution >= 4 is 33.0 Å². The molecule has 0 saturated carbocycles. The van der Waals surface area contributed by atoms with Gasteiger partial charge in [-0.15, -0.1) is 54.1 Å². The molecule has 0 aliphatic heterocycles. The quantitative estimate of drug-likeness (QED) is 0.142. The maximum atomic E-state index is 12.5. The minimum Gasteiger partial charge on any atom is -0.501 e. The van der Waals surface area contributed by atoms with Crippen molar-refractivity contribution in [1.82, 2.24) is 14.5 Å². The van der Waals surface area contributed by atoms with Crippen molar-refractivity contribution in [3.63, 3.8) is 0 Å². The number of rotatable bonds is 8. The van der Waals surface area contributed by atoms with Gasteiger partial charge in [-0.3, -0.25) is 4.98 Å². The Kier molecular flexibility index (Phi) is 12.4. The number of halogens is 1. The van der Waals surface area contributed by atoms with Gasteiger partial charge in [0.05, 0.1) is 28.6 Å². The smallest absolute Gasteiger partial charge is 0.139 e. The van der Waals surface area contributed by atoms with Gasteiger partial charge in [-0.05, 0) is 105 Å². The number of fused-ring (bicyclic) bond motifs is 4. The van der Waals surface area contributed by atoms with Crippen molar-refractivity contribution in [3.8, 4) is 50.6 Å². The fourth-order valence-corrected chi connectivity index (χ4v) is 8.39. The minimum absolute atomic E-state index is 0. The van der Waals surface area contributed by atoms with Crippen LogP contribution in [0.3, 0.4) is 0 Å². The second kappa shape index (κ2) is 18.9. The third-order valence-electron chi connectivity index (χ3n) is 11.4. The van der Waals surface area contributed by atoms with Crippen LogP contribution in [-0.2, 0) is 26.5 Å². The molecule has 3 aromatic heterocycles. The fraction of sp³-hybridized carbons (Fsp3) is 0.186. The molecule has 0 atom stereocenters. The molecule has 0 fully saturated rings. The molecule has 10 rings (SSSR count). The zero-order valence-corrected chi connectivity index (χ0v) is 40.1. The molecule has 0 amide bonds. The Balaban J connectivity index is 0.000000374. The van der Waals surface area contributed by atoms with Crippen LogP contribution in [0.15, 0.2) is 168 Å². The fourth-order valence-electron chi connectivity index (χ4n) is 8.39. The van der Waals surface area contributed by atoms with Crippen LogP contribution < -0.4 is 0 Å². The first kappa shape index (κ1) is 42.5. The van der Waals surface area contributed by atoms with Gasteiger partial charge in [-0.1, -0.05) is 144 Å². The second-order valence-electron chi connectivity index (χ2n) is 17.9. The number of pyridine rings is 1. The number of benzene rings is 7. The minimum atomic E-state index is -1.45. The summed E-state index contributed by atoms with van der Waals surface area (Å²) in [4.78, 5) is 9.26. The van der Waals surface area contributed by atoms with Crippen LogP contribution in [0.25, 0.3) is 83.6 Å². The van der Waals surface area contributed by atoms with Gasteiger partial charge in [-0.2, -0.15) is 0 Å². The molecule has 3 heterocycles. The Bertz CT molecular complexity index is 3290. The van der Waals surface area contributed by atoms with Crippen LogP contribution in [0.2, 0.25) is 0 Å². The molecule has 0 spiro atoms. The molecular formula is C59H52FIrN3O-2. The molecule has 327 valence electrons. The van der Waals surface area contributed by atoms with Crippen LogP contribution in [0, 0.1) is 23.4 Å². The Labute approximate surface area is 398 Å². The Morgan fingerprint density at radius 1 is 0.677 bits per heavy atom. The first-order valence-electron chi connectivity index (χ1n) is 23.0. The maximum absolute atomic E-state index is 12.5. The van der Waals surface area contributed by atoms with E-state index in [1.165, 1.54) is 23.4 Å². The number of furan rings is 1. The predicted molar refractivity (Wildman–Crippen MR) is 263 cm³/mol. The number of para-hydroxylation sites is 2. The predicted octanol–water partition coefficient (Wildman–Crippen LogP) is 16.2. The standard InChI is InChI=1S/C48H45N2O.C11H7FN.Ir/c1-30(2)40-26-36(34-22-20-32(21-23-34)29-48(5,6)7)27-41(31(3)4)45(40)50-43-19-12-11-18-42(43)49-47(50)39-17-13-16-38-37-25-24-35(28-44(37)51-46(38)39)33-14-9-8-10-15-33;12-10-6-7-11(13-8-10)9-4-2-1-3-5-9;/h8-16,18-28,30-31H,29H2,1-7H3;1-4,6-8H;/q2*-1;/i29D2;;. The van der Waals surface area contributed by atoms with Crippen LogP contribution >= 0.6 is 0 Å². The van der Waals surface area contributed by atoms with Crippen molar-refractivity contribution in [1.29, 1.82) is 0 Å². The second-order valence-corrected chi connectivity index (χ2v) is 17.9. The van der Waals surface area contributed by atoms with Crippen LogP contribution in [-0.4, -0.2) is 14.5 Å². The summed E-state index contributed by atoms with van der Waals surface area (Å²) in [6, 6.07) is 59.0. The van der Waals surface area contributed by atoms with E-state index in [9.17, 15) is 4.39 Å². The van der Waals surface area contributed by atoms with E-state index in [0.29, 0.717) is 5.56 Å². The molecule has 1 radical (unpaired) electrons. The van der Waals surface area contributed by atoms with E-state index in [-0.39, 0.29) is 37.8 Å². The van der Waals surface area contributed by atoms with Crippen LogP contribution in [0.4, 0.5) is 4.39 Å². The average molecular weight is 1030 g/mol. The molecule has 10 aromatic rings. The molecule has 0 N–H and O–H groups in total. The number of hydrogen-bond acceptors (Lipinski definition) is 3. The number of aromatic nitrogens is 3. The summed E-state index contributed by atoms with van der Waals surface area (Å²) < 4.78 is 39.3. The average Bonchev–Trinajstić information content (AvgIpc) is 3.90. The Hall–Kier alpha value is -6.46. The summed E-state index contributed by atoms with van der Waals surface area (Å²) in [5.74, 6) is 0.880. The van der Waals surface area contributed by atoms with E-state index in [1.807, 2.05) is 69.3 Å². The number of hydrogen-bond donors (Lipinski definition) is 0. The SMILES string of the molecule is Fc1ccc(-c2[c-]cccc2)nc1.[2H]C([2H])(c1ccc(-c2cc(C(C)C)c(-n3c(-c4[c-]ccc5c4oc4cc(-c6ccccc6)ccc45)nc4ccccc43)c(C(C)C)c2)cc1)C(C)(C)C.[Ir]. The molecule has 0 saturated heterocycles. The van der Waals surface area contributed by atoms with Gasteiger partial charge >= 0.3 is 0 Å². The topological polar surface area (TPSA) is 43.9 Å². The van der Waals surface area contributed by atoms with Crippen molar-refractivity contribution in [3.05, 3.63) is 199 Å². The van der Waals surface area contributed by atoms with Gasteiger partial charge in [0.15, 0.2) is 0 Å². The van der Waals surface area contributed by atoms with Crippen LogP contribution in [0.5, 0.6) is 0 Å². The number of nitrogens with zero attached hydrogens (tertiary/aromatic N) is 3. The summed E-state index contributed by atoms with van der Waals surface area (Å²) in [5, 5.41) is 2.10. The molecule has 6 heteroatoms. The molecule has 0 aliphatic rings. The van der Waals surface area contributed by atoms with E-state index in [1.54, 1.807) is 12.1 Å². The number of imidazole rings is 1. The summed E-state index contributed by atoms with van der Waals surface area (Å²) in [7, 11) is 0. The van der Waals surface area contributed by atoms with E-state index in [2.05, 4.69) is 140 Å². The molecular weight excluding hydrogens is 978 g/mol. The van der Waals surface area contributed by atoms with Crippen molar-refractivity contribution in [2.24, 2.45) is 5.41 Å². The first-order chi connectivity index (χ1) is 31.7. The summed E-state index contributed by atoms with van der Waals surface area (Å²) in [6.07, 6.45) is -0.249. The molecule has 65 heavy (non-hydrogen) atoms. The van der Waals surface area contributed by atoms with Crippen LogP contribution in [0.1, 0.15) is 79.7 Å². The largest absolute Gasteiger partial charge is 0.501 e. The summed E-state index contributed by atoms with van der Waals surface area (Å²) in [5.41, 5.74) is 14.2. The summed E-state index contributed by atoms with van der Waals surface area (Å²) >= 11 is 0. The Morgan fingerprint density at radius 2 is 1.35 bits per heavy atom. The molecule has 7 aromatic carbocycles. The van der Waals surface area contributed by atoms with E-state index < -0.39 is 11.8 Å². The van der Waals surface area contributed by atoms with Crippen molar-refractivity contribution in [2.45, 2.75) is 66.7 Å². The third kappa shape index (κ3) is 9.52. The zero-order valence-electron chi connectivity index (χ0n) is 39.7. The third-order valence-corrected chi connectivity index (χ3v) is 11.4. The van der Waals surface area contributed by atoms with Gasteiger partial charge in [0.2, 0.25) is 0 Å².